The number of rotatable bonds is 3. The molecule has 1 aliphatic rings. The van der Waals surface area contributed by atoms with E-state index >= 15 is 0 Å². The summed E-state index contributed by atoms with van der Waals surface area (Å²) in [4.78, 5) is 12.1. The summed E-state index contributed by atoms with van der Waals surface area (Å²) in [6.45, 7) is 0. The zero-order chi connectivity index (χ0) is 14.2. The van der Waals surface area contributed by atoms with E-state index in [0.29, 0.717) is 18.4 Å². The number of nitrogens with one attached hydrogen (secondary N) is 1. The van der Waals surface area contributed by atoms with E-state index in [2.05, 4.69) is 5.32 Å². The van der Waals surface area contributed by atoms with Gasteiger partial charge in [-0.15, -0.1) is 0 Å². The average molecular weight is 273 g/mol. The van der Waals surface area contributed by atoms with Gasteiger partial charge in [0, 0.05) is 5.56 Å². The first-order valence-electron chi connectivity index (χ1n) is 6.44. The third-order valence-electron chi connectivity index (χ3n) is 3.61. The molecule has 0 spiro atoms. The minimum atomic E-state index is -0.690. The minimum absolute atomic E-state index is 0.0184. The highest BCUT2D eigenvalue weighted by molar-refractivity contribution is 5.95. The molecule has 0 radical (unpaired) electrons. The van der Waals surface area contributed by atoms with E-state index in [-0.39, 0.29) is 11.4 Å². The lowest BCUT2D eigenvalue weighted by Gasteiger charge is -2.18. The molecular weight excluding hydrogens is 260 g/mol. The summed E-state index contributed by atoms with van der Waals surface area (Å²) in [5.74, 6) is -1.43. The number of benzene rings is 2. The lowest BCUT2D eigenvalue weighted by atomic mass is 10.0. The molecule has 0 aromatic heterocycles. The number of hydrogen-bond donors (Lipinski definition) is 1. The molecule has 4 heteroatoms. The smallest absolute Gasteiger partial charge is 0.254 e. The largest absolute Gasteiger partial charge is 0.342 e. The maximum atomic E-state index is 13.8. The molecule has 102 valence electrons. The molecule has 1 fully saturated rings. The van der Waals surface area contributed by atoms with Gasteiger partial charge in [0.05, 0.1) is 11.1 Å². The van der Waals surface area contributed by atoms with Crippen molar-refractivity contribution < 1.29 is 13.6 Å². The van der Waals surface area contributed by atoms with Crippen LogP contribution in [-0.4, -0.2) is 5.91 Å². The maximum Gasteiger partial charge on any atom is 0.254 e. The van der Waals surface area contributed by atoms with E-state index in [0.717, 1.165) is 0 Å². The molecule has 2 aromatic rings. The van der Waals surface area contributed by atoms with Gasteiger partial charge in [0.25, 0.3) is 5.91 Å². The van der Waals surface area contributed by atoms with Crippen LogP contribution in [0.4, 0.5) is 8.78 Å². The van der Waals surface area contributed by atoms with Gasteiger partial charge >= 0.3 is 0 Å². The number of carbonyl (C=O) groups excluding carboxylic acids is 1. The van der Waals surface area contributed by atoms with E-state index in [9.17, 15) is 13.6 Å². The Balaban J connectivity index is 1.87. The summed E-state index contributed by atoms with van der Waals surface area (Å²) in [5.41, 5.74) is -0.246. The van der Waals surface area contributed by atoms with Crippen molar-refractivity contribution in [3.05, 3.63) is 71.3 Å². The predicted molar refractivity (Wildman–Crippen MR) is 71.2 cm³/mol. The Labute approximate surface area is 115 Å². The Morgan fingerprint density at radius 1 is 0.950 bits per heavy atom. The summed E-state index contributed by atoms with van der Waals surface area (Å²) < 4.78 is 27.4. The average Bonchev–Trinajstić information content (AvgIpc) is 3.20. The van der Waals surface area contributed by atoms with Gasteiger partial charge in [-0.05, 0) is 31.0 Å². The van der Waals surface area contributed by atoms with Crippen molar-refractivity contribution in [1.82, 2.24) is 5.32 Å². The van der Waals surface area contributed by atoms with Crippen LogP contribution in [-0.2, 0) is 5.54 Å². The van der Waals surface area contributed by atoms with Crippen LogP contribution < -0.4 is 5.32 Å². The third-order valence-corrected chi connectivity index (χ3v) is 3.61. The number of carbonyl (C=O) groups is 1. The van der Waals surface area contributed by atoms with Crippen molar-refractivity contribution in [2.45, 2.75) is 18.4 Å². The normalized spacial score (nSPS) is 15.7. The van der Waals surface area contributed by atoms with Crippen LogP contribution in [0.5, 0.6) is 0 Å². The summed E-state index contributed by atoms with van der Waals surface area (Å²) in [6, 6.07) is 12.1. The van der Waals surface area contributed by atoms with E-state index < -0.39 is 17.3 Å². The fraction of sp³-hybridized carbons (Fsp3) is 0.188. The Hall–Kier alpha value is -2.23. The van der Waals surface area contributed by atoms with E-state index in [4.69, 9.17) is 0 Å². The first kappa shape index (κ1) is 12.8. The second kappa shape index (κ2) is 4.71. The molecule has 0 atom stereocenters. The zero-order valence-electron chi connectivity index (χ0n) is 10.7. The predicted octanol–water partition coefficient (Wildman–Crippen LogP) is 3.38. The van der Waals surface area contributed by atoms with Gasteiger partial charge in [-0.2, -0.15) is 0 Å². The molecule has 0 heterocycles. The topological polar surface area (TPSA) is 29.1 Å². The van der Waals surface area contributed by atoms with Crippen LogP contribution in [0.1, 0.15) is 28.8 Å². The van der Waals surface area contributed by atoms with Crippen LogP contribution in [0.3, 0.4) is 0 Å². The van der Waals surface area contributed by atoms with Crippen LogP contribution >= 0.6 is 0 Å². The first-order valence-corrected chi connectivity index (χ1v) is 6.44. The van der Waals surface area contributed by atoms with Crippen molar-refractivity contribution in [3.63, 3.8) is 0 Å². The van der Waals surface area contributed by atoms with Gasteiger partial charge in [0.2, 0.25) is 0 Å². The van der Waals surface area contributed by atoms with Crippen LogP contribution in [0.25, 0.3) is 0 Å². The van der Waals surface area contributed by atoms with Crippen molar-refractivity contribution in [2.24, 2.45) is 0 Å². The highest BCUT2D eigenvalue weighted by Gasteiger charge is 2.47. The molecule has 1 N–H and O–H groups in total. The van der Waals surface area contributed by atoms with E-state index in [1.807, 2.05) is 0 Å². The quantitative estimate of drug-likeness (QED) is 0.912. The van der Waals surface area contributed by atoms with Gasteiger partial charge in [-0.1, -0.05) is 30.3 Å². The molecule has 2 nitrogen and oxygen atoms in total. The summed E-state index contributed by atoms with van der Waals surface area (Å²) >= 11 is 0. The maximum absolute atomic E-state index is 13.8. The van der Waals surface area contributed by atoms with Gasteiger partial charge in [-0.25, -0.2) is 8.78 Å². The van der Waals surface area contributed by atoms with Crippen molar-refractivity contribution >= 4 is 5.91 Å². The molecule has 0 unspecified atom stereocenters. The van der Waals surface area contributed by atoms with Crippen LogP contribution in [0.15, 0.2) is 48.5 Å². The molecule has 0 bridgehead atoms. The van der Waals surface area contributed by atoms with Crippen molar-refractivity contribution in [3.8, 4) is 0 Å². The van der Waals surface area contributed by atoms with Crippen molar-refractivity contribution in [1.29, 1.82) is 0 Å². The van der Waals surface area contributed by atoms with Gasteiger partial charge in [0.15, 0.2) is 0 Å². The molecule has 3 rings (SSSR count). The standard InChI is InChI=1S/C16H13F2NO/c17-13-7-3-1-5-11(13)15(20)19-16(9-10-16)12-6-2-4-8-14(12)18/h1-8H,9-10H2,(H,19,20). The molecule has 1 aliphatic carbocycles. The fourth-order valence-corrected chi connectivity index (χ4v) is 2.37. The fourth-order valence-electron chi connectivity index (χ4n) is 2.37. The van der Waals surface area contributed by atoms with Gasteiger partial charge < -0.3 is 5.32 Å². The SMILES string of the molecule is O=C(NC1(c2ccccc2F)CC1)c1ccccc1F. The monoisotopic (exact) mass is 273 g/mol. The van der Waals surface area contributed by atoms with E-state index in [1.54, 1.807) is 24.3 Å². The van der Waals surface area contributed by atoms with E-state index in [1.165, 1.54) is 24.3 Å². The molecule has 0 saturated heterocycles. The molecular formula is C16H13F2NO. The lowest BCUT2D eigenvalue weighted by Crippen LogP contribution is -2.36. The summed E-state index contributed by atoms with van der Waals surface area (Å²) in [5, 5.41) is 2.76. The third kappa shape index (κ3) is 2.18. The molecule has 1 amide bonds. The number of hydrogen-bond acceptors (Lipinski definition) is 1. The molecule has 2 aromatic carbocycles. The Morgan fingerprint density at radius 2 is 1.55 bits per heavy atom. The highest BCUT2D eigenvalue weighted by Crippen LogP contribution is 2.46. The Morgan fingerprint density at radius 3 is 2.15 bits per heavy atom. The van der Waals surface area contributed by atoms with Gasteiger partial charge in [0.1, 0.15) is 11.6 Å². The highest BCUT2D eigenvalue weighted by atomic mass is 19.1. The summed E-state index contributed by atoms with van der Waals surface area (Å²) in [6.07, 6.45) is 1.32. The number of halogens is 2. The Kier molecular flexibility index (Phi) is 3.01. The van der Waals surface area contributed by atoms with Crippen molar-refractivity contribution in [2.75, 3.05) is 0 Å². The second-order valence-electron chi connectivity index (χ2n) is 5.00. The first-order chi connectivity index (χ1) is 9.62. The van der Waals surface area contributed by atoms with Crippen LogP contribution in [0, 0.1) is 11.6 Å². The summed E-state index contributed by atoms with van der Waals surface area (Å²) in [7, 11) is 0. The Bertz CT molecular complexity index is 665. The lowest BCUT2D eigenvalue weighted by molar-refractivity contribution is 0.0926. The second-order valence-corrected chi connectivity index (χ2v) is 5.00. The molecule has 1 saturated carbocycles. The minimum Gasteiger partial charge on any atom is -0.342 e. The van der Waals surface area contributed by atoms with Crippen LogP contribution in [0.2, 0.25) is 0 Å². The van der Waals surface area contributed by atoms with Gasteiger partial charge in [-0.3, -0.25) is 4.79 Å². The molecule has 20 heavy (non-hydrogen) atoms. The molecule has 0 aliphatic heterocycles. The number of amides is 1. The zero-order valence-corrected chi connectivity index (χ0v) is 10.7.